The molecule has 1 rings (SSSR count). The van der Waals surface area contributed by atoms with Gasteiger partial charge in [0, 0.05) is 13.6 Å². The highest BCUT2D eigenvalue weighted by Crippen LogP contribution is 2.22. The Kier molecular flexibility index (Phi) is 4.48. The molecule has 0 unspecified atom stereocenters. The molecule has 0 fully saturated rings. The van der Waals surface area contributed by atoms with Crippen molar-refractivity contribution in [1.82, 2.24) is 14.1 Å². The van der Waals surface area contributed by atoms with Gasteiger partial charge < -0.3 is 0 Å². The summed E-state index contributed by atoms with van der Waals surface area (Å²) in [5.74, 6) is 0. The normalized spacial score (nSPS) is 11.8. The van der Waals surface area contributed by atoms with Gasteiger partial charge in [-0.1, -0.05) is 6.92 Å². The Hall–Kier alpha value is -1.39. The molecule has 1 aromatic rings. The van der Waals surface area contributed by atoms with Crippen LogP contribution in [0.1, 0.15) is 24.7 Å². The Bertz CT molecular complexity index is 569. The van der Waals surface area contributed by atoms with Crippen LogP contribution in [0.25, 0.3) is 0 Å². The SMILES string of the molecule is CCCN(CC#N)S(=O)(=O)c1c(C)nn(C)c1C. The lowest BCUT2D eigenvalue weighted by molar-refractivity contribution is 0.443. The largest absolute Gasteiger partial charge is 0.271 e. The molecule has 0 spiro atoms. The van der Waals surface area contributed by atoms with E-state index >= 15 is 0 Å². The summed E-state index contributed by atoms with van der Waals surface area (Å²) in [6.45, 7) is 5.45. The molecule has 0 atom stereocenters. The third kappa shape index (κ3) is 2.54. The van der Waals surface area contributed by atoms with E-state index in [0.717, 1.165) is 0 Å². The average molecular weight is 270 g/mol. The van der Waals surface area contributed by atoms with Crippen molar-refractivity contribution in [2.75, 3.05) is 13.1 Å². The van der Waals surface area contributed by atoms with E-state index in [0.29, 0.717) is 24.4 Å². The summed E-state index contributed by atoms with van der Waals surface area (Å²) in [4.78, 5) is 0.216. The molecule has 100 valence electrons. The second-order valence-electron chi connectivity index (χ2n) is 4.12. The lowest BCUT2D eigenvalue weighted by Gasteiger charge is -2.18. The molecule has 0 aromatic carbocycles. The zero-order valence-electron chi connectivity index (χ0n) is 11.1. The van der Waals surface area contributed by atoms with Gasteiger partial charge >= 0.3 is 0 Å². The maximum atomic E-state index is 12.5. The van der Waals surface area contributed by atoms with Crippen LogP contribution in [-0.4, -0.2) is 35.6 Å². The fraction of sp³-hybridized carbons (Fsp3) is 0.636. The lowest BCUT2D eigenvalue weighted by atomic mass is 10.4. The van der Waals surface area contributed by atoms with Crippen molar-refractivity contribution in [3.8, 4) is 6.07 Å². The number of nitriles is 1. The number of aromatic nitrogens is 2. The minimum Gasteiger partial charge on any atom is -0.271 e. The van der Waals surface area contributed by atoms with Gasteiger partial charge in [0.25, 0.3) is 0 Å². The Morgan fingerprint density at radius 1 is 1.44 bits per heavy atom. The fourth-order valence-corrected chi connectivity index (χ4v) is 3.70. The number of hydrogen-bond donors (Lipinski definition) is 0. The molecule has 0 aliphatic rings. The van der Waals surface area contributed by atoms with Crippen LogP contribution >= 0.6 is 0 Å². The van der Waals surface area contributed by atoms with E-state index in [2.05, 4.69) is 5.10 Å². The molecule has 0 aliphatic carbocycles. The van der Waals surface area contributed by atoms with Crippen LogP contribution in [0.3, 0.4) is 0 Å². The summed E-state index contributed by atoms with van der Waals surface area (Å²) in [5.41, 5.74) is 1.06. The highest BCUT2D eigenvalue weighted by atomic mass is 32.2. The van der Waals surface area contributed by atoms with Gasteiger partial charge in [-0.25, -0.2) is 8.42 Å². The fourth-order valence-electron chi connectivity index (χ4n) is 1.87. The van der Waals surface area contributed by atoms with Crippen LogP contribution in [0.2, 0.25) is 0 Å². The summed E-state index contributed by atoms with van der Waals surface area (Å²) in [7, 11) is -1.93. The smallest absolute Gasteiger partial charge is 0.247 e. The number of rotatable bonds is 5. The molecule has 0 amide bonds. The van der Waals surface area contributed by atoms with Gasteiger partial charge in [0.05, 0.1) is 17.5 Å². The molecule has 1 heterocycles. The molecule has 18 heavy (non-hydrogen) atoms. The molecular formula is C11H18N4O2S. The van der Waals surface area contributed by atoms with Crippen LogP contribution in [0, 0.1) is 25.2 Å². The van der Waals surface area contributed by atoms with Crippen LogP contribution in [0.4, 0.5) is 0 Å². The first-order valence-electron chi connectivity index (χ1n) is 5.73. The Morgan fingerprint density at radius 3 is 2.44 bits per heavy atom. The van der Waals surface area contributed by atoms with Gasteiger partial charge in [0.1, 0.15) is 11.4 Å². The van der Waals surface area contributed by atoms with Gasteiger partial charge in [-0.05, 0) is 20.3 Å². The quantitative estimate of drug-likeness (QED) is 0.746. The van der Waals surface area contributed by atoms with E-state index in [9.17, 15) is 8.42 Å². The van der Waals surface area contributed by atoms with Crippen LogP contribution < -0.4 is 0 Å². The van der Waals surface area contributed by atoms with Crippen LogP contribution in [0.15, 0.2) is 4.90 Å². The second-order valence-corrected chi connectivity index (χ2v) is 6.00. The lowest BCUT2D eigenvalue weighted by Crippen LogP contribution is -2.32. The van der Waals surface area contributed by atoms with Crippen molar-refractivity contribution in [3.05, 3.63) is 11.4 Å². The summed E-state index contributed by atoms with van der Waals surface area (Å²) >= 11 is 0. The van der Waals surface area contributed by atoms with Gasteiger partial charge in [-0.3, -0.25) is 4.68 Å². The molecule has 6 nitrogen and oxygen atoms in total. The highest BCUT2D eigenvalue weighted by molar-refractivity contribution is 7.89. The summed E-state index contributed by atoms with van der Waals surface area (Å²) in [6.07, 6.45) is 0.666. The second kappa shape index (κ2) is 5.50. The standard InChI is InChI=1S/C11H18N4O2S/c1-5-7-15(8-6-12)18(16,17)11-9(2)13-14(4)10(11)3/h5,7-8H2,1-4H3. The van der Waals surface area contributed by atoms with Crippen molar-refractivity contribution in [2.45, 2.75) is 32.1 Å². The van der Waals surface area contributed by atoms with E-state index in [1.165, 1.54) is 4.31 Å². The minimum atomic E-state index is -3.64. The summed E-state index contributed by atoms with van der Waals surface area (Å²) in [6, 6.07) is 1.89. The molecule has 0 aliphatic heterocycles. The molecule has 1 aromatic heterocycles. The predicted octanol–water partition coefficient (Wildman–Crippen LogP) is 0.961. The number of sulfonamides is 1. The van der Waals surface area contributed by atoms with E-state index < -0.39 is 10.0 Å². The van der Waals surface area contributed by atoms with Gasteiger partial charge in [0.15, 0.2) is 0 Å². The number of hydrogen-bond acceptors (Lipinski definition) is 4. The van der Waals surface area contributed by atoms with Gasteiger partial charge in [0.2, 0.25) is 10.0 Å². The highest BCUT2D eigenvalue weighted by Gasteiger charge is 2.29. The molecule has 7 heteroatoms. The zero-order chi connectivity index (χ0) is 13.9. The van der Waals surface area contributed by atoms with E-state index in [1.54, 1.807) is 25.6 Å². The molecule has 0 radical (unpaired) electrons. The Balaban J connectivity index is 3.31. The zero-order valence-corrected chi connectivity index (χ0v) is 12.0. The Morgan fingerprint density at radius 2 is 2.06 bits per heavy atom. The maximum absolute atomic E-state index is 12.5. The first-order valence-corrected chi connectivity index (χ1v) is 7.17. The van der Waals surface area contributed by atoms with Crippen molar-refractivity contribution >= 4 is 10.0 Å². The van der Waals surface area contributed by atoms with Crippen LogP contribution in [0.5, 0.6) is 0 Å². The van der Waals surface area contributed by atoms with Crippen LogP contribution in [-0.2, 0) is 17.1 Å². The van der Waals surface area contributed by atoms with Crippen molar-refractivity contribution in [3.63, 3.8) is 0 Å². The summed E-state index contributed by atoms with van der Waals surface area (Å²) in [5, 5.41) is 12.8. The van der Waals surface area contributed by atoms with E-state index in [-0.39, 0.29) is 11.4 Å². The first kappa shape index (κ1) is 14.7. The van der Waals surface area contributed by atoms with Crippen molar-refractivity contribution < 1.29 is 8.42 Å². The number of aryl methyl sites for hydroxylation is 2. The third-order valence-electron chi connectivity index (χ3n) is 2.76. The summed E-state index contributed by atoms with van der Waals surface area (Å²) < 4.78 is 27.7. The molecular weight excluding hydrogens is 252 g/mol. The van der Waals surface area contributed by atoms with E-state index in [1.807, 2.05) is 13.0 Å². The van der Waals surface area contributed by atoms with E-state index in [4.69, 9.17) is 5.26 Å². The Labute approximate surface area is 108 Å². The molecule has 0 N–H and O–H groups in total. The van der Waals surface area contributed by atoms with Crippen molar-refractivity contribution in [1.29, 1.82) is 5.26 Å². The topological polar surface area (TPSA) is 79.0 Å². The predicted molar refractivity (Wildman–Crippen MR) is 67.3 cm³/mol. The maximum Gasteiger partial charge on any atom is 0.247 e. The molecule has 0 bridgehead atoms. The molecule has 0 saturated carbocycles. The van der Waals surface area contributed by atoms with Gasteiger partial charge in [-0.15, -0.1) is 0 Å². The number of nitrogens with zero attached hydrogens (tertiary/aromatic N) is 4. The average Bonchev–Trinajstić information content (AvgIpc) is 2.53. The minimum absolute atomic E-state index is 0.135. The first-order chi connectivity index (χ1) is 8.36. The van der Waals surface area contributed by atoms with Gasteiger partial charge in [-0.2, -0.15) is 14.7 Å². The monoisotopic (exact) mass is 270 g/mol. The third-order valence-corrected chi connectivity index (χ3v) is 4.86. The van der Waals surface area contributed by atoms with Crippen molar-refractivity contribution in [2.24, 2.45) is 7.05 Å². The molecule has 0 saturated heterocycles.